The van der Waals surface area contributed by atoms with Crippen LogP contribution in [0.25, 0.3) is 0 Å². The number of nitrogens with one attached hydrogen (secondary N) is 1. The summed E-state index contributed by atoms with van der Waals surface area (Å²) in [6.45, 7) is 5.06. The second kappa shape index (κ2) is 8.85. The number of rotatable bonds is 7. The van der Waals surface area contributed by atoms with Crippen LogP contribution in [0.4, 0.5) is 5.69 Å². The molecule has 0 aliphatic rings. The number of carbonyl (C=O) groups excluding carboxylic acids is 2. The molecule has 1 aromatic carbocycles. The summed E-state index contributed by atoms with van der Waals surface area (Å²) in [4.78, 5) is 26.0. The summed E-state index contributed by atoms with van der Waals surface area (Å²) in [5.74, 6) is 0.589. The molecule has 5 nitrogen and oxygen atoms in total. The molecule has 2 amide bonds. The zero-order valence-electron chi connectivity index (χ0n) is 14.7. The molecule has 0 aliphatic carbocycles. The van der Waals surface area contributed by atoms with Gasteiger partial charge >= 0.3 is 0 Å². The van der Waals surface area contributed by atoms with Crippen LogP contribution in [0.5, 0.6) is 0 Å². The van der Waals surface area contributed by atoms with E-state index in [0.717, 1.165) is 18.5 Å². The number of furan rings is 1. The number of hydrogen-bond donors (Lipinski definition) is 1. The van der Waals surface area contributed by atoms with Crippen molar-refractivity contribution >= 4 is 33.4 Å². The Morgan fingerprint density at radius 3 is 2.40 bits per heavy atom. The third-order valence-corrected chi connectivity index (χ3v) is 4.26. The first kappa shape index (κ1) is 19.2. The third kappa shape index (κ3) is 6.05. The van der Waals surface area contributed by atoms with Crippen LogP contribution in [0, 0.1) is 5.92 Å². The Hall–Kier alpha value is -2.08. The lowest BCUT2D eigenvalue weighted by Crippen LogP contribution is -2.29. The van der Waals surface area contributed by atoms with Gasteiger partial charge in [-0.2, -0.15) is 0 Å². The minimum Gasteiger partial charge on any atom is -0.444 e. The second-order valence-corrected chi connectivity index (χ2v) is 7.21. The highest BCUT2D eigenvalue weighted by Gasteiger charge is 2.12. The molecule has 2 rings (SSSR count). The van der Waals surface area contributed by atoms with Crippen LogP contribution in [-0.4, -0.2) is 30.3 Å². The molecule has 1 heterocycles. The first-order chi connectivity index (χ1) is 11.8. The summed E-state index contributed by atoms with van der Waals surface area (Å²) in [7, 11) is 1.83. The van der Waals surface area contributed by atoms with Crippen molar-refractivity contribution < 1.29 is 14.0 Å². The molecule has 0 radical (unpaired) electrons. The monoisotopic (exact) mass is 406 g/mol. The molecular weight excluding hydrogens is 384 g/mol. The molecule has 1 aromatic heterocycles. The fourth-order valence-corrected chi connectivity index (χ4v) is 2.53. The molecule has 0 bridgehead atoms. The summed E-state index contributed by atoms with van der Waals surface area (Å²) in [6, 6.07) is 10.5. The molecule has 1 N–H and O–H groups in total. The smallest absolute Gasteiger partial charge is 0.291 e. The first-order valence-corrected chi connectivity index (χ1v) is 9.04. The van der Waals surface area contributed by atoms with Crippen molar-refractivity contribution in [3.8, 4) is 0 Å². The minimum absolute atomic E-state index is 0.0953. The molecule has 0 unspecified atom stereocenters. The standard InChI is InChI=1S/C19H23BrN2O3/c1-13(2)10-11-22(3)18(23)12-14-4-6-15(7-5-14)21-19(24)16-8-9-17(20)25-16/h4-9,13H,10-12H2,1-3H3,(H,21,24). The predicted octanol–water partition coefficient (Wildman–Crippen LogP) is 4.34. The molecule has 0 saturated carbocycles. The van der Waals surface area contributed by atoms with Gasteiger partial charge in [-0.05, 0) is 58.1 Å². The van der Waals surface area contributed by atoms with Gasteiger partial charge in [-0.1, -0.05) is 26.0 Å². The van der Waals surface area contributed by atoms with Crippen molar-refractivity contribution in [1.82, 2.24) is 4.90 Å². The Morgan fingerprint density at radius 2 is 1.84 bits per heavy atom. The topological polar surface area (TPSA) is 62.6 Å². The summed E-state index contributed by atoms with van der Waals surface area (Å²) < 4.78 is 5.72. The maximum absolute atomic E-state index is 12.2. The van der Waals surface area contributed by atoms with Crippen LogP contribution >= 0.6 is 15.9 Å². The molecule has 6 heteroatoms. The lowest BCUT2D eigenvalue weighted by atomic mass is 10.1. The molecule has 0 spiro atoms. The number of likely N-dealkylation sites (N-methyl/N-ethyl adjacent to an activating group) is 1. The highest BCUT2D eigenvalue weighted by atomic mass is 79.9. The van der Waals surface area contributed by atoms with E-state index < -0.39 is 0 Å². The van der Waals surface area contributed by atoms with Gasteiger partial charge in [0.25, 0.3) is 5.91 Å². The molecular formula is C19H23BrN2O3. The summed E-state index contributed by atoms with van der Waals surface area (Å²) in [6.07, 6.45) is 1.35. The van der Waals surface area contributed by atoms with Crippen molar-refractivity contribution in [3.63, 3.8) is 0 Å². The number of nitrogens with zero attached hydrogens (tertiary/aromatic N) is 1. The van der Waals surface area contributed by atoms with Crippen LogP contribution in [-0.2, 0) is 11.2 Å². The highest BCUT2D eigenvalue weighted by molar-refractivity contribution is 9.10. The SMILES string of the molecule is CC(C)CCN(C)C(=O)Cc1ccc(NC(=O)c2ccc(Br)o2)cc1. The van der Waals surface area contributed by atoms with Crippen LogP contribution in [0.15, 0.2) is 45.5 Å². The number of anilines is 1. The van der Waals surface area contributed by atoms with Crippen molar-refractivity contribution in [2.75, 3.05) is 18.9 Å². The van der Waals surface area contributed by atoms with Gasteiger partial charge < -0.3 is 14.6 Å². The number of halogens is 1. The fourth-order valence-electron chi connectivity index (χ4n) is 2.22. The van der Waals surface area contributed by atoms with Crippen molar-refractivity contribution in [2.24, 2.45) is 5.92 Å². The van der Waals surface area contributed by atoms with E-state index >= 15 is 0 Å². The van der Waals surface area contributed by atoms with Crippen LogP contribution < -0.4 is 5.32 Å². The van der Waals surface area contributed by atoms with Gasteiger partial charge in [0.05, 0.1) is 6.42 Å². The summed E-state index contributed by atoms with van der Waals surface area (Å²) in [5, 5.41) is 2.76. The van der Waals surface area contributed by atoms with E-state index in [0.29, 0.717) is 22.7 Å². The average molecular weight is 407 g/mol. The maximum atomic E-state index is 12.2. The molecule has 0 aliphatic heterocycles. The van der Waals surface area contributed by atoms with Gasteiger partial charge in [0.15, 0.2) is 10.4 Å². The summed E-state index contributed by atoms with van der Waals surface area (Å²) in [5.41, 5.74) is 1.57. The van der Waals surface area contributed by atoms with E-state index in [4.69, 9.17) is 4.42 Å². The maximum Gasteiger partial charge on any atom is 0.291 e. The Labute approximate surface area is 156 Å². The van der Waals surface area contributed by atoms with E-state index in [1.54, 1.807) is 29.2 Å². The van der Waals surface area contributed by atoms with Gasteiger partial charge in [0.2, 0.25) is 5.91 Å². The van der Waals surface area contributed by atoms with Gasteiger partial charge in [-0.25, -0.2) is 0 Å². The highest BCUT2D eigenvalue weighted by Crippen LogP contribution is 2.17. The molecule has 134 valence electrons. The molecule has 0 atom stereocenters. The first-order valence-electron chi connectivity index (χ1n) is 8.24. The van der Waals surface area contributed by atoms with E-state index in [1.807, 2.05) is 19.2 Å². The molecule has 0 fully saturated rings. The van der Waals surface area contributed by atoms with Crippen molar-refractivity contribution in [3.05, 3.63) is 52.4 Å². The van der Waals surface area contributed by atoms with Gasteiger partial charge in [-0.15, -0.1) is 0 Å². The van der Waals surface area contributed by atoms with Gasteiger partial charge in [0, 0.05) is 19.3 Å². The van der Waals surface area contributed by atoms with Crippen LogP contribution in [0.2, 0.25) is 0 Å². The summed E-state index contributed by atoms with van der Waals surface area (Å²) >= 11 is 3.17. The predicted molar refractivity (Wildman–Crippen MR) is 102 cm³/mol. The Kier molecular flexibility index (Phi) is 6.82. The van der Waals surface area contributed by atoms with E-state index in [9.17, 15) is 9.59 Å². The van der Waals surface area contributed by atoms with Crippen molar-refractivity contribution in [2.45, 2.75) is 26.7 Å². The Bertz CT molecular complexity index is 723. The number of hydrogen-bond acceptors (Lipinski definition) is 3. The van der Waals surface area contributed by atoms with Gasteiger partial charge in [0.1, 0.15) is 0 Å². The quantitative estimate of drug-likeness (QED) is 0.743. The third-order valence-electron chi connectivity index (χ3n) is 3.83. The minimum atomic E-state index is -0.317. The molecule has 2 aromatic rings. The number of benzene rings is 1. The van der Waals surface area contributed by atoms with Crippen molar-refractivity contribution in [1.29, 1.82) is 0 Å². The number of amides is 2. The fraction of sp³-hybridized carbons (Fsp3) is 0.368. The van der Waals surface area contributed by atoms with Crippen LogP contribution in [0.1, 0.15) is 36.4 Å². The van der Waals surface area contributed by atoms with E-state index in [1.165, 1.54) is 0 Å². The van der Waals surface area contributed by atoms with E-state index in [2.05, 4.69) is 35.1 Å². The zero-order chi connectivity index (χ0) is 18.4. The average Bonchev–Trinajstić information content (AvgIpc) is 3.01. The van der Waals surface area contributed by atoms with Crippen LogP contribution in [0.3, 0.4) is 0 Å². The second-order valence-electron chi connectivity index (χ2n) is 6.43. The normalized spacial score (nSPS) is 10.8. The largest absolute Gasteiger partial charge is 0.444 e. The lowest BCUT2D eigenvalue weighted by molar-refractivity contribution is -0.129. The number of carbonyl (C=O) groups is 2. The van der Waals surface area contributed by atoms with E-state index in [-0.39, 0.29) is 17.6 Å². The lowest BCUT2D eigenvalue weighted by Gasteiger charge is -2.18. The Morgan fingerprint density at radius 1 is 1.16 bits per heavy atom. The Balaban J connectivity index is 1.89. The molecule has 25 heavy (non-hydrogen) atoms. The van der Waals surface area contributed by atoms with Gasteiger partial charge in [-0.3, -0.25) is 9.59 Å². The molecule has 0 saturated heterocycles. The zero-order valence-corrected chi connectivity index (χ0v) is 16.3.